The number of nitrogens with zero attached hydrogens (tertiary/aromatic N) is 1. The Labute approximate surface area is 152 Å². The molecule has 0 heterocycles. The van der Waals surface area contributed by atoms with E-state index in [0.717, 1.165) is 5.56 Å². The Morgan fingerprint density at radius 3 is 2.46 bits per heavy atom. The first-order chi connectivity index (χ1) is 11.1. The Kier molecular flexibility index (Phi) is 7.63. The highest BCUT2D eigenvalue weighted by Crippen LogP contribution is 2.20. The summed E-state index contributed by atoms with van der Waals surface area (Å²) in [5.74, 6) is 0. The van der Waals surface area contributed by atoms with Gasteiger partial charge in [-0.25, -0.2) is 9.59 Å². The zero-order chi connectivity index (χ0) is 18.3. The van der Waals surface area contributed by atoms with Crippen molar-refractivity contribution in [1.29, 1.82) is 0 Å². The summed E-state index contributed by atoms with van der Waals surface area (Å²) < 4.78 is 5.22. The Bertz CT molecular complexity index is 588. The lowest BCUT2D eigenvalue weighted by atomic mass is 10.2. The molecule has 0 atom stereocenters. The zero-order valence-corrected chi connectivity index (χ0v) is 15.8. The van der Waals surface area contributed by atoms with Gasteiger partial charge in [-0.05, 0) is 38.5 Å². The molecule has 0 radical (unpaired) electrons. The molecule has 0 bridgehead atoms. The number of carbonyl (C=O) groups excluding carboxylic acids is 2. The van der Waals surface area contributed by atoms with Crippen molar-refractivity contribution in [3.63, 3.8) is 0 Å². The van der Waals surface area contributed by atoms with Gasteiger partial charge in [-0.2, -0.15) is 0 Å². The molecule has 1 aromatic carbocycles. The Balaban J connectivity index is 2.30. The van der Waals surface area contributed by atoms with Gasteiger partial charge in [-0.3, -0.25) is 0 Å². The van der Waals surface area contributed by atoms with Crippen molar-refractivity contribution >= 4 is 35.3 Å². The standard InChI is InChI=1S/C16H23Cl2N3O3/c1-16(2,3)24-15(23)21(4)8-7-19-14(22)20-10-11-5-6-12(17)9-13(11)18/h5-6,9H,7-8,10H2,1-4H3,(H2,19,20,22). The largest absolute Gasteiger partial charge is 0.444 e. The predicted molar refractivity (Wildman–Crippen MR) is 95.6 cm³/mol. The van der Waals surface area contributed by atoms with Crippen LogP contribution < -0.4 is 10.6 Å². The van der Waals surface area contributed by atoms with Crippen LogP contribution in [0.15, 0.2) is 18.2 Å². The summed E-state index contributed by atoms with van der Waals surface area (Å²) in [5, 5.41) is 6.39. The lowest BCUT2D eigenvalue weighted by molar-refractivity contribution is 0.0301. The van der Waals surface area contributed by atoms with Crippen molar-refractivity contribution in [1.82, 2.24) is 15.5 Å². The number of hydrogen-bond acceptors (Lipinski definition) is 3. The smallest absolute Gasteiger partial charge is 0.410 e. The van der Waals surface area contributed by atoms with Crippen LogP contribution >= 0.6 is 23.2 Å². The molecule has 0 aliphatic rings. The van der Waals surface area contributed by atoms with Gasteiger partial charge < -0.3 is 20.3 Å². The topological polar surface area (TPSA) is 70.7 Å². The fourth-order valence-corrected chi connectivity index (χ4v) is 2.15. The summed E-state index contributed by atoms with van der Waals surface area (Å²) in [6.45, 7) is 6.31. The quantitative estimate of drug-likeness (QED) is 0.824. The van der Waals surface area contributed by atoms with Gasteiger partial charge >= 0.3 is 12.1 Å². The van der Waals surface area contributed by atoms with Crippen molar-refractivity contribution in [2.24, 2.45) is 0 Å². The SMILES string of the molecule is CN(CCNC(=O)NCc1ccc(Cl)cc1Cl)C(=O)OC(C)(C)C. The number of urea groups is 1. The Morgan fingerprint density at radius 2 is 1.88 bits per heavy atom. The molecule has 24 heavy (non-hydrogen) atoms. The average molecular weight is 376 g/mol. The fraction of sp³-hybridized carbons (Fsp3) is 0.500. The maximum absolute atomic E-state index is 11.8. The minimum atomic E-state index is -0.548. The Hall–Kier alpha value is -1.66. The normalized spacial score (nSPS) is 10.9. The Morgan fingerprint density at radius 1 is 1.21 bits per heavy atom. The summed E-state index contributed by atoms with van der Waals surface area (Å²) >= 11 is 11.8. The maximum atomic E-state index is 11.8. The van der Waals surface area contributed by atoms with Crippen LogP contribution in [0.1, 0.15) is 26.3 Å². The van der Waals surface area contributed by atoms with E-state index in [1.807, 2.05) is 0 Å². The number of amides is 3. The van der Waals surface area contributed by atoms with E-state index >= 15 is 0 Å². The van der Waals surface area contributed by atoms with Crippen LogP contribution in [0.4, 0.5) is 9.59 Å². The van der Waals surface area contributed by atoms with E-state index in [4.69, 9.17) is 27.9 Å². The van der Waals surface area contributed by atoms with Gasteiger partial charge in [0.2, 0.25) is 0 Å². The molecule has 1 rings (SSSR count). The highest BCUT2D eigenvalue weighted by Gasteiger charge is 2.19. The van der Waals surface area contributed by atoms with Gasteiger partial charge in [0.25, 0.3) is 0 Å². The molecule has 0 aliphatic carbocycles. The molecule has 0 fully saturated rings. The number of likely N-dealkylation sites (N-methyl/N-ethyl adjacent to an activating group) is 1. The third-order valence-corrected chi connectivity index (χ3v) is 3.48. The van der Waals surface area contributed by atoms with Gasteiger partial charge in [0.1, 0.15) is 5.60 Å². The fourth-order valence-electron chi connectivity index (χ4n) is 1.67. The average Bonchev–Trinajstić information content (AvgIpc) is 2.44. The maximum Gasteiger partial charge on any atom is 0.410 e. The first-order valence-corrected chi connectivity index (χ1v) is 8.24. The molecule has 0 aliphatic heterocycles. The van der Waals surface area contributed by atoms with Crippen LogP contribution in [0.5, 0.6) is 0 Å². The second-order valence-corrected chi connectivity index (χ2v) is 7.09. The number of carbonyl (C=O) groups is 2. The van der Waals surface area contributed by atoms with Crippen molar-refractivity contribution in [2.45, 2.75) is 32.9 Å². The predicted octanol–water partition coefficient (Wildman–Crippen LogP) is 3.66. The zero-order valence-electron chi connectivity index (χ0n) is 14.3. The number of nitrogens with one attached hydrogen (secondary N) is 2. The van der Waals surface area contributed by atoms with Crippen LogP contribution in [-0.2, 0) is 11.3 Å². The molecule has 1 aromatic rings. The molecule has 6 nitrogen and oxygen atoms in total. The molecule has 0 saturated heterocycles. The molecular formula is C16H23Cl2N3O3. The van der Waals surface area contributed by atoms with Crippen molar-refractivity contribution < 1.29 is 14.3 Å². The molecule has 8 heteroatoms. The third kappa shape index (κ3) is 7.75. The monoisotopic (exact) mass is 375 g/mol. The molecule has 0 aromatic heterocycles. The summed E-state index contributed by atoms with van der Waals surface area (Å²) in [7, 11) is 1.61. The van der Waals surface area contributed by atoms with Gasteiger partial charge in [-0.15, -0.1) is 0 Å². The van der Waals surface area contributed by atoms with E-state index in [2.05, 4.69) is 10.6 Å². The van der Waals surface area contributed by atoms with Crippen LogP contribution in [0.3, 0.4) is 0 Å². The van der Waals surface area contributed by atoms with Crippen LogP contribution in [0, 0.1) is 0 Å². The van der Waals surface area contributed by atoms with E-state index < -0.39 is 11.7 Å². The highest BCUT2D eigenvalue weighted by molar-refractivity contribution is 6.35. The van der Waals surface area contributed by atoms with Gasteiger partial charge in [0, 0.05) is 36.7 Å². The second kappa shape index (κ2) is 8.99. The van der Waals surface area contributed by atoms with Gasteiger partial charge in [-0.1, -0.05) is 29.3 Å². The summed E-state index contributed by atoms with van der Waals surface area (Å²) in [6, 6.07) is 4.73. The minimum Gasteiger partial charge on any atom is -0.444 e. The minimum absolute atomic E-state index is 0.281. The lowest BCUT2D eigenvalue weighted by Crippen LogP contribution is -2.42. The van der Waals surface area contributed by atoms with E-state index in [9.17, 15) is 9.59 Å². The van der Waals surface area contributed by atoms with Crippen LogP contribution in [-0.4, -0.2) is 42.8 Å². The molecule has 2 N–H and O–H groups in total. The molecule has 0 spiro atoms. The number of halogens is 2. The third-order valence-electron chi connectivity index (χ3n) is 2.89. The van der Waals surface area contributed by atoms with Crippen LogP contribution in [0.25, 0.3) is 0 Å². The van der Waals surface area contributed by atoms with Crippen molar-refractivity contribution in [3.8, 4) is 0 Å². The summed E-state index contributed by atoms with van der Waals surface area (Å²) in [4.78, 5) is 24.9. The molecule has 134 valence electrons. The van der Waals surface area contributed by atoms with Gasteiger partial charge in [0.05, 0.1) is 0 Å². The molecule has 0 saturated carbocycles. The first kappa shape index (κ1) is 20.4. The van der Waals surface area contributed by atoms with E-state index in [0.29, 0.717) is 23.1 Å². The number of hydrogen-bond donors (Lipinski definition) is 2. The van der Waals surface area contributed by atoms with Crippen molar-refractivity contribution in [2.75, 3.05) is 20.1 Å². The van der Waals surface area contributed by atoms with Gasteiger partial charge in [0.15, 0.2) is 0 Å². The van der Waals surface area contributed by atoms with E-state index in [1.54, 1.807) is 46.0 Å². The van der Waals surface area contributed by atoms with E-state index in [1.165, 1.54) is 4.90 Å². The van der Waals surface area contributed by atoms with E-state index in [-0.39, 0.29) is 12.6 Å². The molecule has 0 unspecified atom stereocenters. The number of benzene rings is 1. The summed E-state index contributed by atoms with van der Waals surface area (Å²) in [6.07, 6.45) is -0.433. The lowest BCUT2D eigenvalue weighted by Gasteiger charge is -2.24. The summed E-state index contributed by atoms with van der Waals surface area (Å²) in [5.41, 5.74) is 0.218. The highest BCUT2D eigenvalue weighted by atomic mass is 35.5. The number of rotatable bonds is 5. The molecular weight excluding hydrogens is 353 g/mol. The molecule has 3 amide bonds. The van der Waals surface area contributed by atoms with Crippen LogP contribution in [0.2, 0.25) is 10.0 Å². The number of ether oxygens (including phenoxy) is 1. The van der Waals surface area contributed by atoms with Crippen molar-refractivity contribution in [3.05, 3.63) is 33.8 Å². The first-order valence-electron chi connectivity index (χ1n) is 7.48. The second-order valence-electron chi connectivity index (χ2n) is 6.25.